The van der Waals surface area contributed by atoms with Crippen molar-refractivity contribution < 1.29 is 9.13 Å². The minimum absolute atomic E-state index is 0.00991. The van der Waals surface area contributed by atoms with Crippen LogP contribution in [0.25, 0.3) is 0 Å². The van der Waals surface area contributed by atoms with E-state index >= 15 is 0 Å². The summed E-state index contributed by atoms with van der Waals surface area (Å²) in [5.41, 5.74) is 6.44. The molecule has 1 atom stereocenters. The van der Waals surface area contributed by atoms with E-state index in [-0.39, 0.29) is 11.9 Å². The zero-order valence-corrected chi connectivity index (χ0v) is 7.88. The summed E-state index contributed by atoms with van der Waals surface area (Å²) in [6.45, 7) is 1.88. The molecule has 0 aliphatic rings. The molecule has 0 radical (unpaired) electrons. The molecular weight excluding hydrogens is 169 g/mol. The minimum atomic E-state index is -0.253. The molecule has 0 unspecified atom stereocenters. The lowest BCUT2D eigenvalue weighted by Crippen LogP contribution is -2.18. The van der Waals surface area contributed by atoms with Gasteiger partial charge in [-0.05, 0) is 37.1 Å². The predicted octanol–water partition coefficient (Wildman–Crippen LogP) is 1.72. The number of hydrogen-bond donors (Lipinski definition) is 1. The van der Waals surface area contributed by atoms with Crippen LogP contribution in [0.1, 0.15) is 12.5 Å². The number of benzene rings is 1. The summed E-state index contributed by atoms with van der Waals surface area (Å²) >= 11 is 0. The summed E-state index contributed by atoms with van der Waals surface area (Å²) in [4.78, 5) is 0. The summed E-state index contributed by atoms with van der Waals surface area (Å²) in [5, 5.41) is 0. The van der Waals surface area contributed by atoms with Crippen LogP contribution in [0.5, 0.6) is 5.75 Å². The maximum atomic E-state index is 12.8. The highest BCUT2D eigenvalue weighted by atomic mass is 19.1. The third kappa shape index (κ3) is 2.70. The van der Waals surface area contributed by atoms with E-state index in [0.29, 0.717) is 12.2 Å². The van der Waals surface area contributed by atoms with Crippen molar-refractivity contribution in [2.75, 3.05) is 7.11 Å². The fourth-order valence-electron chi connectivity index (χ4n) is 1.25. The highest BCUT2D eigenvalue weighted by molar-refractivity contribution is 5.34. The van der Waals surface area contributed by atoms with Gasteiger partial charge in [0.15, 0.2) is 0 Å². The van der Waals surface area contributed by atoms with Gasteiger partial charge in [-0.3, -0.25) is 0 Å². The van der Waals surface area contributed by atoms with Gasteiger partial charge in [0.2, 0.25) is 0 Å². The van der Waals surface area contributed by atoms with Crippen molar-refractivity contribution in [3.8, 4) is 5.75 Å². The summed E-state index contributed by atoms with van der Waals surface area (Å²) < 4.78 is 17.9. The maximum absolute atomic E-state index is 12.8. The van der Waals surface area contributed by atoms with Crippen molar-refractivity contribution >= 4 is 0 Å². The SMILES string of the molecule is COc1ccc(F)cc1C[C@@H](C)N. The normalized spacial score (nSPS) is 12.6. The Labute approximate surface area is 77.5 Å². The average Bonchev–Trinajstić information content (AvgIpc) is 2.03. The number of rotatable bonds is 3. The summed E-state index contributed by atoms with van der Waals surface area (Å²) in [7, 11) is 1.57. The Bertz CT molecular complexity index is 286. The Morgan fingerprint density at radius 1 is 1.54 bits per heavy atom. The lowest BCUT2D eigenvalue weighted by atomic mass is 10.1. The number of ether oxygens (including phenoxy) is 1. The Hall–Kier alpha value is -1.09. The molecule has 2 N–H and O–H groups in total. The molecule has 0 fully saturated rings. The summed E-state index contributed by atoms with van der Waals surface area (Å²) in [6, 6.07) is 4.47. The molecule has 1 rings (SSSR count). The molecule has 0 aromatic heterocycles. The highest BCUT2D eigenvalue weighted by Gasteiger charge is 2.06. The monoisotopic (exact) mass is 183 g/mol. The standard InChI is InChI=1S/C10H14FNO/c1-7(12)5-8-6-9(11)3-4-10(8)13-2/h3-4,6-7H,5,12H2,1-2H3/t7-/m1/s1. The van der Waals surface area contributed by atoms with Crippen LogP contribution in [0.15, 0.2) is 18.2 Å². The van der Waals surface area contributed by atoms with Gasteiger partial charge in [0.25, 0.3) is 0 Å². The number of halogens is 1. The lowest BCUT2D eigenvalue weighted by molar-refractivity contribution is 0.407. The van der Waals surface area contributed by atoms with E-state index in [1.54, 1.807) is 13.2 Å². The number of hydrogen-bond acceptors (Lipinski definition) is 2. The van der Waals surface area contributed by atoms with Crippen LogP contribution >= 0.6 is 0 Å². The van der Waals surface area contributed by atoms with Gasteiger partial charge in [-0.2, -0.15) is 0 Å². The van der Waals surface area contributed by atoms with Crippen molar-refractivity contribution in [1.82, 2.24) is 0 Å². The molecule has 13 heavy (non-hydrogen) atoms. The van der Waals surface area contributed by atoms with Gasteiger partial charge < -0.3 is 10.5 Å². The van der Waals surface area contributed by atoms with Gasteiger partial charge in [-0.1, -0.05) is 0 Å². The smallest absolute Gasteiger partial charge is 0.123 e. The van der Waals surface area contributed by atoms with Crippen molar-refractivity contribution in [2.45, 2.75) is 19.4 Å². The van der Waals surface area contributed by atoms with Crippen LogP contribution in [-0.4, -0.2) is 13.2 Å². The molecule has 0 amide bonds. The van der Waals surface area contributed by atoms with Crippen molar-refractivity contribution in [3.63, 3.8) is 0 Å². The molecule has 0 aliphatic heterocycles. The molecule has 3 heteroatoms. The predicted molar refractivity (Wildman–Crippen MR) is 50.3 cm³/mol. The highest BCUT2D eigenvalue weighted by Crippen LogP contribution is 2.20. The summed E-state index contributed by atoms with van der Waals surface area (Å²) in [5.74, 6) is 0.440. The second kappa shape index (κ2) is 4.23. The van der Waals surface area contributed by atoms with Gasteiger partial charge in [-0.15, -0.1) is 0 Å². The van der Waals surface area contributed by atoms with Crippen molar-refractivity contribution in [2.24, 2.45) is 5.73 Å². The lowest BCUT2D eigenvalue weighted by Gasteiger charge is -2.10. The molecule has 0 bridgehead atoms. The molecular formula is C10H14FNO. The van der Waals surface area contributed by atoms with Crippen LogP contribution < -0.4 is 10.5 Å². The zero-order valence-electron chi connectivity index (χ0n) is 7.88. The minimum Gasteiger partial charge on any atom is -0.496 e. The number of methoxy groups -OCH3 is 1. The first-order valence-electron chi connectivity index (χ1n) is 4.21. The van der Waals surface area contributed by atoms with E-state index in [0.717, 1.165) is 5.56 Å². The molecule has 0 saturated carbocycles. The van der Waals surface area contributed by atoms with E-state index in [9.17, 15) is 4.39 Å². The maximum Gasteiger partial charge on any atom is 0.123 e. The van der Waals surface area contributed by atoms with Gasteiger partial charge in [0.05, 0.1) is 7.11 Å². The van der Waals surface area contributed by atoms with E-state index in [1.807, 2.05) is 6.92 Å². The van der Waals surface area contributed by atoms with Gasteiger partial charge in [-0.25, -0.2) is 4.39 Å². The molecule has 0 spiro atoms. The average molecular weight is 183 g/mol. The molecule has 1 aromatic carbocycles. The summed E-state index contributed by atoms with van der Waals surface area (Å²) in [6.07, 6.45) is 0.626. The van der Waals surface area contributed by atoms with Crippen LogP contribution in [0.3, 0.4) is 0 Å². The third-order valence-corrected chi connectivity index (χ3v) is 1.78. The molecule has 0 saturated heterocycles. The van der Waals surface area contributed by atoms with E-state index in [4.69, 9.17) is 10.5 Å². The quantitative estimate of drug-likeness (QED) is 0.774. The van der Waals surface area contributed by atoms with E-state index < -0.39 is 0 Å². The fourth-order valence-corrected chi connectivity index (χ4v) is 1.25. The van der Waals surface area contributed by atoms with Gasteiger partial charge >= 0.3 is 0 Å². The Balaban J connectivity index is 2.94. The topological polar surface area (TPSA) is 35.2 Å². The zero-order chi connectivity index (χ0) is 9.84. The van der Waals surface area contributed by atoms with Crippen LogP contribution in [0.2, 0.25) is 0 Å². The van der Waals surface area contributed by atoms with E-state index in [2.05, 4.69) is 0 Å². The first-order valence-corrected chi connectivity index (χ1v) is 4.21. The second-order valence-corrected chi connectivity index (χ2v) is 3.14. The van der Waals surface area contributed by atoms with Gasteiger partial charge in [0.1, 0.15) is 11.6 Å². The third-order valence-electron chi connectivity index (χ3n) is 1.78. The Kier molecular flexibility index (Phi) is 3.25. The molecule has 0 heterocycles. The van der Waals surface area contributed by atoms with Crippen molar-refractivity contribution in [1.29, 1.82) is 0 Å². The van der Waals surface area contributed by atoms with Crippen LogP contribution in [-0.2, 0) is 6.42 Å². The second-order valence-electron chi connectivity index (χ2n) is 3.14. The molecule has 1 aromatic rings. The largest absolute Gasteiger partial charge is 0.496 e. The van der Waals surface area contributed by atoms with Crippen LogP contribution in [0, 0.1) is 5.82 Å². The van der Waals surface area contributed by atoms with Crippen molar-refractivity contribution in [3.05, 3.63) is 29.6 Å². The van der Waals surface area contributed by atoms with Crippen LogP contribution in [0.4, 0.5) is 4.39 Å². The first kappa shape index (κ1) is 9.99. The molecule has 0 aliphatic carbocycles. The van der Waals surface area contributed by atoms with Gasteiger partial charge in [0, 0.05) is 6.04 Å². The Morgan fingerprint density at radius 2 is 2.23 bits per heavy atom. The molecule has 72 valence electrons. The number of nitrogens with two attached hydrogens (primary N) is 1. The molecule has 2 nitrogen and oxygen atoms in total. The first-order chi connectivity index (χ1) is 6.13. The Morgan fingerprint density at radius 3 is 2.77 bits per heavy atom. The fraction of sp³-hybridized carbons (Fsp3) is 0.400. The van der Waals surface area contributed by atoms with E-state index in [1.165, 1.54) is 12.1 Å².